The molecule has 1 aliphatic carbocycles. The zero-order valence-corrected chi connectivity index (χ0v) is 16.4. The minimum atomic E-state index is -0.299. The highest BCUT2D eigenvalue weighted by Crippen LogP contribution is 2.30. The quantitative estimate of drug-likeness (QED) is 0.833. The highest BCUT2D eigenvalue weighted by Gasteiger charge is 2.38. The Bertz CT molecular complexity index is 618. The molecule has 0 unspecified atom stereocenters. The number of nitrogens with zero attached hydrogens (tertiary/aromatic N) is 1. The normalized spacial score (nSPS) is 20.3. The summed E-state index contributed by atoms with van der Waals surface area (Å²) >= 11 is 0. The van der Waals surface area contributed by atoms with E-state index in [0.29, 0.717) is 31.2 Å². The van der Waals surface area contributed by atoms with Crippen molar-refractivity contribution >= 4 is 11.8 Å². The second-order valence-electron chi connectivity index (χ2n) is 8.00. The molecule has 2 fully saturated rings. The van der Waals surface area contributed by atoms with Crippen LogP contribution < -0.4 is 5.32 Å². The third kappa shape index (κ3) is 5.10. The van der Waals surface area contributed by atoms with Gasteiger partial charge in [-0.05, 0) is 44.2 Å². The highest BCUT2D eigenvalue weighted by molar-refractivity contribution is 5.94. The van der Waals surface area contributed by atoms with Crippen molar-refractivity contribution in [2.75, 3.05) is 26.8 Å². The number of amides is 2. The maximum atomic E-state index is 12.8. The predicted molar refractivity (Wildman–Crippen MR) is 106 cm³/mol. The van der Waals surface area contributed by atoms with E-state index in [0.717, 1.165) is 32.1 Å². The van der Waals surface area contributed by atoms with Gasteiger partial charge in [-0.3, -0.25) is 9.59 Å². The third-order valence-electron chi connectivity index (χ3n) is 6.19. The number of ether oxygens (including phenoxy) is 1. The lowest BCUT2D eigenvalue weighted by Crippen LogP contribution is -2.57. The number of nitrogens with one attached hydrogen (secondary N) is 1. The molecule has 2 amide bonds. The van der Waals surface area contributed by atoms with Gasteiger partial charge in [0.15, 0.2) is 0 Å². The second kappa shape index (κ2) is 9.36. The number of benzene rings is 1. The summed E-state index contributed by atoms with van der Waals surface area (Å²) in [6.45, 7) is 2.04. The molecule has 0 atom stereocenters. The van der Waals surface area contributed by atoms with E-state index < -0.39 is 0 Å². The summed E-state index contributed by atoms with van der Waals surface area (Å²) in [6.07, 6.45) is 8.03. The first kappa shape index (κ1) is 19.9. The summed E-state index contributed by atoms with van der Waals surface area (Å²) < 4.78 is 5.29. The maximum absolute atomic E-state index is 12.8. The Kier molecular flexibility index (Phi) is 6.89. The van der Waals surface area contributed by atoms with Gasteiger partial charge >= 0.3 is 0 Å². The van der Waals surface area contributed by atoms with Crippen molar-refractivity contribution in [3.8, 4) is 0 Å². The zero-order chi connectivity index (χ0) is 19.1. The molecule has 0 radical (unpaired) electrons. The van der Waals surface area contributed by atoms with E-state index in [1.165, 1.54) is 19.3 Å². The standard InChI is InChI=1S/C22H32N2O3/c1-27-17-14-22(23-20(25)18-8-4-2-5-9-18)12-15-24(16-13-22)21(26)19-10-6-3-7-11-19/h2,4-5,8-9,19H,3,6-7,10-17H2,1H3,(H,23,25). The first-order valence-electron chi connectivity index (χ1n) is 10.3. The largest absolute Gasteiger partial charge is 0.385 e. The fourth-order valence-corrected chi connectivity index (χ4v) is 4.40. The number of hydrogen-bond donors (Lipinski definition) is 1. The molecule has 1 heterocycles. The van der Waals surface area contributed by atoms with Crippen LogP contribution in [0.25, 0.3) is 0 Å². The Balaban J connectivity index is 1.62. The molecule has 0 bridgehead atoms. The molecule has 1 aliphatic heterocycles. The Morgan fingerprint density at radius 3 is 2.41 bits per heavy atom. The summed E-state index contributed by atoms with van der Waals surface area (Å²) in [5, 5.41) is 3.27. The van der Waals surface area contributed by atoms with Crippen LogP contribution in [0, 0.1) is 5.92 Å². The summed E-state index contributed by atoms with van der Waals surface area (Å²) in [7, 11) is 1.69. The predicted octanol–water partition coefficient (Wildman–Crippen LogP) is 3.39. The number of likely N-dealkylation sites (tertiary alicyclic amines) is 1. The smallest absolute Gasteiger partial charge is 0.251 e. The fraction of sp³-hybridized carbons (Fsp3) is 0.636. The van der Waals surface area contributed by atoms with Crippen LogP contribution in [0.5, 0.6) is 0 Å². The topological polar surface area (TPSA) is 58.6 Å². The van der Waals surface area contributed by atoms with Gasteiger partial charge in [-0.15, -0.1) is 0 Å². The SMILES string of the molecule is COCCC1(NC(=O)c2ccccc2)CCN(C(=O)C2CCCCC2)CC1. The molecule has 148 valence electrons. The van der Waals surface area contributed by atoms with Crippen LogP contribution in [-0.2, 0) is 9.53 Å². The van der Waals surface area contributed by atoms with Crippen molar-refractivity contribution in [3.05, 3.63) is 35.9 Å². The number of carbonyl (C=O) groups is 2. The molecular weight excluding hydrogens is 340 g/mol. The summed E-state index contributed by atoms with van der Waals surface area (Å²) in [6, 6.07) is 9.33. The average molecular weight is 373 g/mol. The first-order valence-corrected chi connectivity index (χ1v) is 10.3. The van der Waals surface area contributed by atoms with Crippen LogP contribution in [0.4, 0.5) is 0 Å². The summed E-state index contributed by atoms with van der Waals surface area (Å²) in [5.41, 5.74) is 0.377. The van der Waals surface area contributed by atoms with Crippen molar-refractivity contribution in [3.63, 3.8) is 0 Å². The van der Waals surface area contributed by atoms with Gasteiger partial charge < -0.3 is 15.0 Å². The molecule has 1 saturated carbocycles. The van der Waals surface area contributed by atoms with Gasteiger partial charge in [0.25, 0.3) is 5.91 Å². The molecule has 3 rings (SSSR count). The number of rotatable bonds is 6. The fourth-order valence-electron chi connectivity index (χ4n) is 4.40. The van der Waals surface area contributed by atoms with Gasteiger partial charge in [0, 0.05) is 43.8 Å². The highest BCUT2D eigenvalue weighted by atomic mass is 16.5. The van der Waals surface area contributed by atoms with Crippen LogP contribution in [0.2, 0.25) is 0 Å². The molecule has 5 nitrogen and oxygen atoms in total. The van der Waals surface area contributed by atoms with Crippen molar-refractivity contribution in [1.82, 2.24) is 10.2 Å². The van der Waals surface area contributed by atoms with Crippen molar-refractivity contribution in [2.45, 2.75) is 56.9 Å². The van der Waals surface area contributed by atoms with Crippen LogP contribution >= 0.6 is 0 Å². The number of methoxy groups -OCH3 is 1. The lowest BCUT2D eigenvalue weighted by Gasteiger charge is -2.43. The molecule has 1 N–H and O–H groups in total. The minimum Gasteiger partial charge on any atom is -0.385 e. The molecule has 1 aromatic carbocycles. The molecule has 1 saturated heterocycles. The van der Waals surface area contributed by atoms with Crippen LogP contribution in [0.1, 0.15) is 61.7 Å². The van der Waals surface area contributed by atoms with E-state index in [9.17, 15) is 9.59 Å². The zero-order valence-electron chi connectivity index (χ0n) is 16.4. The number of carbonyl (C=O) groups excluding carboxylic acids is 2. The van der Waals surface area contributed by atoms with Gasteiger partial charge in [0.2, 0.25) is 5.91 Å². The third-order valence-corrected chi connectivity index (χ3v) is 6.19. The second-order valence-corrected chi connectivity index (χ2v) is 8.00. The molecular formula is C22H32N2O3. The van der Waals surface area contributed by atoms with Crippen molar-refractivity contribution in [1.29, 1.82) is 0 Å². The molecule has 0 aromatic heterocycles. The Morgan fingerprint density at radius 2 is 1.78 bits per heavy atom. The monoisotopic (exact) mass is 372 g/mol. The maximum Gasteiger partial charge on any atom is 0.251 e. The first-order chi connectivity index (χ1) is 13.1. The van der Waals surface area contributed by atoms with E-state index >= 15 is 0 Å². The molecule has 0 spiro atoms. The van der Waals surface area contributed by atoms with Crippen molar-refractivity contribution in [2.24, 2.45) is 5.92 Å². The minimum absolute atomic E-state index is 0.0428. The number of piperidine rings is 1. The van der Waals surface area contributed by atoms with Gasteiger partial charge in [-0.1, -0.05) is 37.5 Å². The number of hydrogen-bond acceptors (Lipinski definition) is 3. The Morgan fingerprint density at radius 1 is 1.11 bits per heavy atom. The molecule has 27 heavy (non-hydrogen) atoms. The Hall–Kier alpha value is -1.88. The van der Waals surface area contributed by atoms with Crippen LogP contribution in [-0.4, -0.2) is 49.1 Å². The Labute approximate surface area is 162 Å². The summed E-state index contributed by atoms with van der Waals surface area (Å²) in [4.78, 5) is 27.6. The molecule has 1 aromatic rings. The van der Waals surface area contributed by atoms with E-state index in [-0.39, 0.29) is 17.4 Å². The van der Waals surface area contributed by atoms with Gasteiger partial charge in [0.05, 0.1) is 0 Å². The average Bonchev–Trinajstić information content (AvgIpc) is 2.73. The van der Waals surface area contributed by atoms with E-state index in [1.54, 1.807) is 7.11 Å². The van der Waals surface area contributed by atoms with Crippen molar-refractivity contribution < 1.29 is 14.3 Å². The summed E-state index contributed by atoms with van der Waals surface area (Å²) in [5.74, 6) is 0.493. The molecule has 5 heteroatoms. The van der Waals surface area contributed by atoms with E-state index in [4.69, 9.17) is 4.74 Å². The van der Waals surface area contributed by atoms with E-state index in [1.807, 2.05) is 35.2 Å². The van der Waals surface area contributed by atoms with Crippen LogP contribution in [0.3, 0.4) is 0 Å². The molecule has 2 aliphatic rings. The lowest BCUT2D eigenvalue weighted by molar-refractivity contribution is -0.138. The lowest BCUT2D eigenvalue weighted by atomic mass is 9.82. The van der Waals surface area contributed by atoms with Gasteiger partial charge in [-0.25, -0.2) is 0 Å². The van der Waals surface area contributed by atoms with Gasteiger partial charge in [0.1, 0.15) is 0 Å². The van der Waals surface area contributed by atoms with Crippen LogP contribution in [0.15, 0.2) is 30.3 Å². The van der Waals surface area contributed by atoms with Gasteiger partial charge in [-0.2, -0.15) is 0 Å². The van der Waals surface area contributed by atoms with E-state index in [2.05, 4.69) is 5.32 Å².